The Hall–Kier alpha value is -2.88. The molecule has 0 amide bonds. The van der Waals surface area contributed by atoms with Gasteiger partial charge in [-0.3, -0.25) is 0 Å². The normalized spacial score (nSPS) is 11.3. The Balaban J connectivity index is 1.56. The minimum atomic E-state index is 0.679. The standard InChI is InChI=1S/C25H31N3O/c1-3-5-6-7-8-11-19-29-22-16-14-21(15-17-22)20-26-25-27-23-12-9-10-13-24(23)28(25)18-4-2/h4,9-10,12-17,20H,2-3,5-8,11,18-19H2,1H3/b26-20-. The first-order valence-electron chi connectivity index (χ1n) is 10.6. The fourth-order valence-corrected chi connectivity index (χ4v) is 3.33. The molecule has 1 aromatic heterocycles. The molecule has 0 aliphatic rings. The van der Waals surface area contributed by atoms with Crippen molar-refractivity contribution in [2.24, 2.45) is 4.99 Å². The molecule has 0 bridgehead atoms. The molecule has 0 spiro atoms. The highest BCUT2D eigenvalue weighted by molar-refractivity contribution is 5.83. The number of hydrogen-bond donors (Lipinski definition) is 0. The van der Waals surface area contributed by atoms with E-state index in [1.807, 2.05) is 54.8 Å². The third kappa shape index (κ3) is 6.05. The van der Waals surface area contributed by atoms with Gasteiger partial charge < -0.3 is 9.30 Å². The minimum Gasteiger partial charge on any atom is -0.494 e. The quantitative estimate of drug-likeness (QED) is 0.196. The number of allylic oxidation sites excluding steroid dienone is 1. The van der Waals surface area contributed by atoms with Gasteiger partial charge in [0, 0.05) is 12.8 Å². The zero-order valence-electron chi connectivity index (χ0n) is 17.4. The van der Waals surface area contributed by atoms with E-state index < -0.39 is 0 Å². The number of ether oxygens (including phenoxy) is 1. The topological polar surface area (TPSA) is 39.4 Å². The summed E-state index contributed by atoms with van der Waals surface area (Å²) in [5.41, 5.74) is 3.03. The van der Waals surface area contributed by atoms with Crippen molar-refractivity contribution in [3.05, 3.63) is 66.7 Å². The zero-order chi connectivity index (χ0) is 20.3. The van der Waals surface area contributed by atoms with Gasteiger partial charge in [-0.05, 0) is 48.4 Å². The van der Waals surface area contributed by atoms with E-state index in [-0.39, 0.29) is 0 Å². The van der Waals surface area contributed by atoms with Gasteiger partial charge in [0.2, 0.25) is 5.95 Å². The van der Waals surface area contributed by atoms with E-state index in [0.717, 1.165) is 35.4 Å². The smallest absolute Gasteiger partial charge is 0.230 e. The fraction of sp³-hybridized carbons (Fsp3) is 0.360. The maximum absolute atomic E-state index is 5.85. The number of aromatic nitrogens is 2. The van der Waals surface area contributed by atoms with Crippen LogP contribution in [0, 0.1) is 0 Å². The lowest BCUT2D eigenvalue weighted by Crippen LogP contribution is -1.97. The molecular formula is C25H31N3O. The second-order valence-electron chi connectivity index (χ2n) is 7.24. The zero-order valence-corrected chi connectivity index (χ0v) is 17.4. The minimum absolute atomic E-state index is 0.679. The van der Waals surface area contributed by atoms with Gasteiger partial charge in [0.25, 0.3) is 0 Å². The van der Waals surface area contributed by atoms with Gasteiger partial charge in [0.05, 0.1) is 17.6 Å². The van der Waals surface area contributed by atoms with E-state index in [9.17, 15) is 0 Å². The van der Waals surface area contributed by atoms with Crippen molar-refractivity contribution in [2.75, 3.05) is 6.61 Å². The molecule has 2 aromatic carbocycles. The molecule has 4 nitrogen and oxygen atoms in total. The molecule has 0 N–H and O–H groups in total. The predicted octanol–water partition coefficient (Wildman–Crippen LogP) is 6.71. The predicted molar refractivity (Wildman–Crippen MR) is 122 cm³/mol. The van der Waals surface area contributed by atoms with Gasteiger partial charge in [-0.2, -0.15) is 0 Å². The molecule has 4 heteroatoms. The average Bonchev–Trinajstić information content (AvgIpc) is 3.10. The molecule has 0 saturated carbocycles. The molecule has 0 radical (unpaired) electrons. The number of fused-ring (bicyclic) bond motifs is 1. The number of hydrogen-bond acceptors (Lipinski definition) is 3. The van der Waals surface area contributed by atoms with Gasteiger partial charge in [-0.15, -0.1) is 6.58 Å². The summed E-state index contributed by atoms with van der Waals surface area (Å²) < 4.78 is 7.92. The second kappa shape index (κ2) is 11.2. The van der Waals surface area contributed by atoms with Crippen LogP contribution in [0.15, 0.2) is 66.2 Å². The Labute approximate surface area is 174 Å². The number of aliphatic imine (C=N–C) groups is 1. The van der Waals surface area contributed by atoms with Crippen LogP contribution in [0.4, 0.5) is 5.95 Å². The summed E-state index contributed by atoms with van der Waals surface area (Å²) in [6.07, 6.45) is 11.4. The van der Waals surface area contributed by atoms with Crippen LogP contribution >= 0.6 is 0 Å². The number of imidazole rings is 1. The first-order chi connectivity index (χ1) is 14.3. The molecule has 0 atom stereocenters. The number of para-hydroxylation sites is 2. The summed E-state index contributed by atoms with van der Waals surface area (Å²) in [5.74, 6) is 1.60. The van der Waals surface area contributed by atoms with Crippen LogP contribution in [-0.4, -0.2) is 22.4 Å². The lowest BCUT2D eigenvalue weighted by atomic mass is 10.1. The lowest BCUT2D eigenvalue weighted by Gasteiger charge is -2.06. The molecular weight excluding hydrogens is 358 g/mol. The summed E-state index contributed by atoms with van der Waals surface area (Å²) in [7, 11) is 0. The third-order valence-corrected chi connectivity index (χ3v) is 4.92. The van der Waals surface area contributed by atoms with E-state index in [4.69, 9.17) is 4.74 Å². The summed E-state index contributed by atoms with van der Waals surface area (Å²) in [5, 5.41) is 0. The Morgan fingerprint density at radius 3 is 2.55 bits per heavy atom. The summed E-state index contributed by atoms with van der Waals surface area (Å²) in [6, 6.07) is 16.1. The van der Waals surface area contributed by atoms with Crippen LogP contribution < -0.4 is 4.74 Å². The lowest BCUT2D eigenvalue weighted by molar-refractivity contribution is 0.304. The highest BCUT2D eigenvalue weighted by Crippen LogP contribution is 2.22. The fourth-order valence-electron chi connectivity index (χ4n) is 3.33. The number of nitrogens with zero attached hydrogens (tertiary/aromatic N) is 3. The van der Waals surface area contributed by atoms with Crippen molar-refractivity contribution >= 4 is 23.2 Å². The monoisotopic (exact) mass is 389 g/mol. The van der Waals surface area contributed by atoms with Gasteiger partial charge in [-0.1, -0.05) is 57.2 Å². The van der Waals surface area contributed by atoms with Crippen LogP contribution in [0.5, 0.6) is 5.75 Å². The van der Waals surface area contributed by atoms with E-state index in [1.54, 1.807) is 0 Å². The summed E-state index contributed by atoms with van der Waals surface area (Å²) in [6.45, 7) is 7.55. The van der Waals surface area contributed by atoms with Crippen molar-refractivity contribution in [1.29, 1.82) is 0 Å². The van der Waals surface area contributed by atoms with Gasteiger partial charge in [-0.25, -0.2) is 9.98 Å². The molecule has 0 aliphatic carbocycles. The maximum Gasteiger partial charge on any atom is 0.230 e. The van der Waals surface area contributed by atoms with Crippen LogP contribution in [0.2, 0.25) is 0 Å². The second-order valence-corrected chi connectivity index (χ2v) is 7.24. The van der Waals surface area contributed by atoms with Gasteiger partial charge in [0.1, 0.15) is 5.75 Å². The number of unbranched alkanes of at least 4 members (excludes halogenated alkanes) is 5. The molecule has 0 unspecified atom stereocenters. The molecule has 0 fully saturated rings. The van der Waals surface area contributed by atoms with E-state index in [1.165, 1.54) is 32.1 Å². The number of benzene rings is 2. The molecule has 0 aliphatic heterocycles. The van der Waals surface area contributed by atoms with Gasteiger partial charge in [0.15, 0.2) is 0 Å². The molecule has 3 aromatic rings. The van der Waals surface area contributed by atoms with Crippen molar-refractivity contribution < 1.29 is 4.74 Å². The van der Waals surface area contributed by atoms with Gasteiger partial charge >= 0.3 is 0 Å². The molecule has 0 saturated heterocycles. The molecule has 3 rings (SSSR count). The first-order valence-corrected chi connectivity index (χ1v) is 10.6. The van der Waals surface area contributed by atoms with Crippen LogP contribution in [0.1, 0.15) is 51.0 Å². The largest absolute Gasteiger partial charge is 0.494 e. The van der Waals surface area contributed by atoms with Crippen molar-refractivity contribution in [2.45, 2.75) is 52.0 Å². The highest BCUT2D eigenvalue weighted by Gasteiger charge is 2.07. The summed E-state index contributed by atoms with van der Waals surface area (Å²) >= 11 is 0. The van der Waals surface area contributed by atoms with Crippen LogP contribution in [-0.2, 0) is 6.54 Å². The molecule has 1 heterocycles. The van der Waals surface area contributed by atoms with Crippen molar-refractivity contribution in [1.82, 2.24) is 9.55 Å². The average molecular weight is 390 g/mol. The molecule has 29 heavy (non-hydrogen) atoms. The number of rotatable bonds is 12. The Morgan fingerprint density at radius 1 is 1.00 bits per heavy atom. The van der Waals surface area contributed by atoms with Crippen molar-refractivity contribution in [3.63, 3.8) is 0 Å². The van der Waals surface area contributed by atoms with E-state index >= 15 is 0 Å². The highest BCUT2D eigenvalue weighted by atomic mass is 16.5. The Bertz CT molecular complexity index is 925. The third-order valence-electron chi connectivity index (χ3n) is 4.92. The van der Waals surface area contributed by atoms with Crippen molar-refractivity contribution in [3.8, 4) is 5.75 Å². The first kappa shape index (κ1) is 20.8. The van der Waals surface area contributed by atoms with E-state index in [2.05, 4.69) is 34.1 Å². The molecule has 152 valence electrons. The van der Waals surface area contributed by atoms with E-state index in [0.29, 0.717) is 12.5 Å². The SMILES string of the molecule is C=CCn1c(/N=C\c2ccc(OCCCCCCCC)cc2)nc2ccccc21. The summed E-state index contributed by atoms with van der Waals surface area (Å²) in [4.78, 5) is 9.24. The maximum atomic E-state index is 5.85. The van der Waals surface area contributed by atoms with Crippen LogP contribution in [0.3, 0.4) is 0 Å². The Kier molecular flexibility index (Phi) is 8.05. The Morgan fingerprint density at radius 2 is 1.76 bits per heavy atom. The van der Waals surface area contributed by atoms with Crippen LogP contribution in [0.25, 0.3) is 11.0 Å².